The molecule has 1 aromatic heterocycles. The van der Waals surface area contributed by atoms with E-state index in [1.807, 2.05) is 25.1 Å². The zero-order valence-electron chi connectivity index (χ0n) is 18.6. The predicted octanol–water partition coefficient (Wildman–Crippen LogP) is 7.86. The summed E-state index contributed by atoms with van der Waals surface area (Å²) in [4.78, 5) is 8.16. The van der Waals surface area contributed by atoms with Crippen LogP contribution in [-0.2, 0) is 6.54 Å². The number of aromatic nitrogens is 2. The molecule has 0 fully saturated rings. The Morgan fingerprint density at radius 2 is 1.78 bits per heavy atom. The number of allylic oxidation sites excluding steroid dienone is 6. The molecule has 5 heteroatoms. The third-order valence-corrected chi connectivity index (χ3v) is 5.16. The van der Waals surface area contributed by atoms with Gasteiger partial charge in [0.25, 0.3) is 0 Å². The van der Waals surface area contributed by atoms with E-state index in [4.69, 9.17) is 11.6 Å². The highest BCUT2D eigenvalue weighted by atomic mass is 35.5. The highest BCUT2D eigenvalue weighted by molar-refractivity contribution is 6.30. The molecule has 0 atom stereocenters. The third kappa shape index (κ3) is 6.14. The molecule has 0 saturated carbocycles. The first-order valence-corrected chi connectivity index (χ1v) is 11.0. The maximum atomic E-state index is 15.0. The summed E-state index contributed by atoms with van der Waals surface area (Å²) in [5.41, 5.74) is 5.45. The van der Waals surface area contributed by atoms with Gasteiger partial charge in [0.2, 0.25) is 0 Å². The summed E-state index contributed by atoms with van der Waals surface area (Å²) in [6.45, 7) is 6.71. The first-order chi connectivity index (χ1) is 15.5. The van der Waals surface area contributed by atoms with Crippen LogP contribution in [-0.4, -0.2) is 9.97 Å². The number of rotatable bonds is 8. The second-order valence-corrected chi connectivity index (χ2v) is 7.83. The van der Waals surface area contributed by atoms with Crippen LogP contribution in [0, 0.1) is 5.82 Å². The quantitative estimate of drug-likeness (QED) is 0.357. The van der Waals surface area contributed by atoms with Gasteiger partial charge in [0.1, 0.15) is 12.0 Å². The monoisotopic (exact) mass is 447 g/mol. The number of hydrogen-bond acceptors (Lipinski definition) is 3. The molecule has 0 unspecified atom stereocenters. The largest absolute Gasteiger partial charge is 0.363 e. The molecular weight excluding hydrogens is 421 g/mol. The van der Waals surface area contributed by atoms with Gasteiger partial charge in [-0.25, -0.2) is 14.4 Å². The van der Waals surface area contributed by atoms with Crippen molar-refractivity contribution in [3.05, 3.63) is 107 Å². The Kier molecular flexibility index (Phi) is 8.34. The number of hydrogen-bond donors (Lipinski definition) is 1. The summed E-state index contributed by atoms with van der Waals surface area (Å²) in [5, 5.41) is 3.68. The van der Waals surface area contributed by atoms with Gasteiger partial charge in [0.05, 0.1) is 0 Å². The van der Waals surface area contributed by atoms with Crippen LogP contribution in [0.4, 0.5) is 10.2 Å². The molecule has 0 spiro atoms. The van der Waals surface area contributed by atoms with Crippen molar-refractivity contribution in [2.45, 2.75) is 33.7 Å². The molecule has 0 saturated heterocycles. The number of anilines is 1. The van der Waals surface area contributed by atoms with Crippen molar-refractivity contribution in [3.63, 3.8) is 0 Å². The lowest BCUT2D eigenvalue weighted by Crippen LogP contribution is -2.05. The van der Waals surface area contributed by atoms with Crippen LogP contribution in [0.3, 0.4) is 0 Å². The van der Waals surface area contributed by atoms with E-state index in [0.29, 0.717) is 17.1 Å². The Balaban J connectivity index is 1.75. The summed E-state index contributed by atoms with van der Waals surface area (Å²) in [7, 11) is 0. The van der Waals surface area contributed by atoms with E-state index in [2.05, 4.69) is 59.5 Å². The zero-order chi connectivity index (χ0) is 22.9. The van der Waals surface area contributed by atoms with Crippen molar-refractivity contribution in [2.75, 3.05) is 5.32 Å². The zero-order valence-corrected chi connectivity index (χ0v) is 19.3. The maximum absolute atomic E-state index is 15.0. The fourth-order valence-electron chi connectivity index (χ4n) is 3.34. The molecule has 0 amide bonds. The van der Waals surface area contributed by atoms with Crippen LogP contribution < -0.4 is 5.32 Å². The minimum Gasteiger partial charge on any atom is -0.363 e. The summed E-state index contributed by atoms with van der Waals surface area (Å²) in [6, 6.07) is 15.1. The van der Waals surface area contributed by atoms with E-state index in [0.717, 1.165) is 23.1 Å². The van der Waals surface area contributed by atoms with Crippen molar-refractivity contribution in [1.82, 2.24) is 9.97 Å². The van der Waals surface area contributed by atoms with E-state index in [1.165, 1.54) is 11.9 Å². The van der Waals surface area contributed by atoms with Crippen molar-refractivity contribution in [1.29, 1.82) is 0 Å². The van der Waals surface area contributed by atoms with E-state index in [1.54, 1.807) is 24.3 Å². The van der Waals surface area contributed by atoms with Crippen LogP contribution in [0.1, 0.15) is 38.3 Å². The van der Waals surface area contributed by atoms with Gasteiger partial charge in [-0.3, -0.25) is 0 Å². The Morgan fingerprint density at radius 1 is 1.06 bits per heavy atom. The molecule has 0 radical (unpaired) electrons. The van der Waals surface area contributed by atoms with Crippen molar-refractivity contribution in [3.8, 4) is 11.3 Å². The molecule has 1 heterocycles. The number of benzene rings is 2. The van der Waals surface area contributed by atoms with Gasteiger partial charge in [0.15, 0.2) is 11.6 Å². The van der Waals surface area contributed by atoms with Crippen molar-refractivity contribution >= 4 is 23.0 Å². The Morgan fingerprint density at radius 3 is 2.44 bits per heavy atom. The topological polar surface area (TPSA) is 37.8 Å². The normalized spacial score (nSPS) is 12.4. The molecule has 0 aliphatic carbocycles. The molecule has 164 valence electrons. The molecule has 3 rings (SSSR count). The lowest BCUT2D eigenvalue weighted by molar-refractivity contribution is 0.621. The third-order valence-electron chi connectivity index (χ3n) is 4.91. The fourth-order valence-corrected chi connectivity index (χ4v) is 3.46. The Hall–Kier alpha value is -3.24. The van der Waals surface area contributed by atoms with Crippen molar-refractivity contribution < 1.29 is 4.39 Å². The lowest BCUT2D eigenvalue weighted by Gasteiger charge is -2.10. The van der Waals surface area contributed by atoms with Gasteiger partial charge in [-0.15, -0.1) is 0 Å². The number of halogens is 2. The average molecular weight is 448 g/mol. The average Bonchev–Trinajstić information content (AvgIpc) is 2.79. The number of nitrogens with zero attached hydrogens (tertiary/aromatic N) is 2. The molecule has 0 bridgehead atoms. The molecule has 2 aromatic carbocycles. The molecule has 1 N–H and O–H groups in total. The molecule has 32 heavy (non-hydrogen) atoms. The van der Waals surface area contributed by atoms with Crippen LogP contribution in [0.25, 0.3) is 16.8 Å². The standard InChI is InChI=1S/C27H27ClFN3/c1-4-6-19(3)16-23(7-5-2)21-10-8-20(9-11-21)17-30-27-25(29)26(31-18-32-27)22-12-14-24(28)15-13-22/h5-16,18H,4,17H2,1-3H3,(H,30,31,32)/b7-5-,19-6+,23-16+. The fraction of sp³-hybridized carbons (Fsp3) is 0.185. The number of nitrogens with one attached hydrogen (secondary N) is 1. The molecule has 3 aromatic rings. The first-order valence-electron chi connectivity index (χ1n) is 10.6. The maximum Gasteiger partial charge on any atom is 0.191 e. The van der Waals surface area contributed by atoms with Gasteiger partial charge < -0.3 is 5.32 Å². The summed E-state index contributed by atoms with van der Waals surface area (Å²) < 4.78 is 15.0. The van der Waals surface area contributed by atoms with E-state index >= 15 is 0 Å². The minimum absolute atomic E-state index is 0.170. The van der Waals surface area contributed by atoms with Crippen LogP contribution in [0.15, 0.2) is 84.7 Å². The van der Waals surface area contributed by atoms with Gasteiger partial charge in [-0.2, -0.15) is 0 Å². The smallest absolute Gasteiger partial charge is 0.191 e. The van der Waals surface area contributed by atoms with Crippen molar-refractivity contribution in [2.24, 2.45) is 0 Å². The van der Waals surface area contributed by atoms with Gasteiger partial charge >= 0.3 is 0 Å². The predicted molar refractivity (Wildman–Crippen MR) is 133 cm³/mol. The second-order valence-electron chi connectivity index (χ2n) is 7.40. The van der Waals surface area contributed by atoms with E-state index < -0.39 is 5.82 Å². The molecule has 0 aliphatic heterocycles. The van der Waals surface area contributed by atoms with Crippen LogP contribution in [0.5, 0.6) is 0 Å². The lowest BCUT2D eigenvalue weighted by atomic mass is 10.0. The van der Waals surface area contributed by atoms with E-state index in [9.17, 15) is 4.39 Å². The summed E-state index contributed by atoms with van der Waals surface area (Å²) in [6.07, 6.45) is 10.9. The Labute approximate surface area is 194 Å². The molecular formula is C27H27ClFN3. The van der Waals surface area contributed by atoms with Crippen LogP contribution >= 0.6 is 11.6 Å². The Bertz CT molecular complexity index is 1130. The highest BCUT2D eigenvalue weighted by Gasteiger charge is 2.13. The summed E-state index contributed by atoms with van der Waals surface area (Å²) >= 11 is 5.93. The van der Waals surface area contributed by atoms with Gasteiger partial charge in [0, 0.05) is 17.1 Å². The highest BCUT2D eigenvalue weighted by Crippen LogP contribution is 2.26. The summed E-state index contributed by atoms with van der Waals surface area (Å²) in [5.74, 6) is -0.313. The van der Waals surface area contributed by atoms with Gasteiger partial charge in [-0.1, -0.05) is 84.8 Å². The molecule has 3 nitrogen and oxygen atoms in total. The SMILES string of the molecule is C\C=C/C(=C\C(C)=C\CC)c1ccc(CNc2ncnc(-c3ccc(Cl)cc3)c2F)cc1. The van der Waals surface area contributed by atoms with E-state index in [-0.39, 0.29) is 11.5 Å². The molecule has 0 aliphatic rings. The first kappa shape index (κ1) is 23.4. The minimum atomic E-state index is -0.483. The van der Waals surface area contributed by atoms with Crippen LogP contribution in [0.2, 0.25) is 5.02 Å². The second kappa shape index (κ2) is 11.4. The van der Waals surface area contributed by atoms with Gasteiger partial charge in [-0.05, 0) is 49.1 Å².